The van der Waals surface area contributed by atoms with Gasteiger partial charge in [-0.1, -0.05) is 177 Å². The summed E-state index contributed by atoms with van der Waals surface area (Å²) < 4.78 is 1.11. The molecule has 0 amide bonds. The van der Waals surface area contributed by atoms with Gasteiger partial charge in [-0.3, -0.25) is 0 Å². The molecule has 2 rings (SSSR count). The van der Waals surface area contributed by atoms with Gasteiger partial charge in [0, 0.05) is 5.56 Å². The Hall–Kier alpha value is -1.80. The zero-order chi connectivity index (χ0) is 30.0. The Morgan fingerprint density at radius 2 is 1.07 bits per heavy atom. The zero-order valence-corrected chi connectivity index (χ0v) is 28.0. The minimum atomic E-state index is 0.196. The Morgan fingerprint density at radius 3 is 1.61 bits per heavy atom. The first-order chi connectivity index (χ1) is 19.8. The molecule has 0 aliphatic heterocycles. The van der Waals surface area contributed by atoms with Gasteiger partial charge in [0.15, 0.2) is 0 Å². The molecule has 0 aliphatic carbocycles. The second-order valence-electron chi connectivity index (χ2n) is 13.5. The average Bonchev–Trinajstić information content (AvgIpc) is 2.94. The lowest BCUT2D eigenvalue weighted by Crippen LogP contribution is -2.39. The van der Waals surface area contributed by atoms with E-state index >= 15 is 0 Å². The number of hydrogen-bond donors (Lipinski definition) is 0. The van der Waals surface area contributed by atoms with Gasteiger partial charge in [0.1, 0.15) is 6.54 Å². The second kappa shape index (κ2) is 24.8. The fourth-order valence-electron chi connectivity index (χ4n) is 5.65. The third kappa shape index (κ3) is 22.5. The van der Waals surface area contributed by atoms with Crippen LogP contribution in [0, 0.1) is 5.92 Å². The molecule has 41 heavy (non-hydrogen) atoms. The molecule has 2 aromatic rings. The van der Waals surface area contributed by atoms with Crippen LogP contribution in [0.15, 0.2) is 54.6 Å². The maximum atomic E-state index is 11.4. The summed E-state index contributed by atoms with van der Waals surface area (Å²) in [6, 6.07) is 18.3. The van der Waals surface area contributed by atoms with E-state index in [0.29, 0.717) is 0 Å². The largest absolute Gasteiger partial charge is 0.872 e. The van der Waals surface area contributed by atoms with Crippen molar-refractivity contribution in [1.29, 1.82) is 0 Å². The van der Waals surface area contributed by atoms with Crippen molar-refractivity contribution in [1.82, 2.24) is 0 Å². The van der Waals surface area contributed by atoms with Crippen molar-refractivity contribution < 1.29 is 9.59 Å². The highest BCUT2D eigenvalue weighted by atomic mass is 16.3. The third-order valence-corrected chi connectivity index (χ3v) is 8.27. The number of para-hydroxylation sites is 1. The van der Waals surface area contributed by atoms with Gasteiger partial charge < -0.3 is 9.59 Å². The number of unbranched alkanes of at least 4 members (excludes halogenated alkanes) is 15. The molecule has 0 saturated carbocycles. The van der Waals surface area contributed by atoms with Crippen LogP contribution in [0.3, 0.4) is 0 Å². The highest BCUT2D eigenvalue weighted by Gasteiger charge is 2.14. The lowest BCUT2D eigenvalue weighted by Gasteiger charge is -2.30. The van der Waals surface area contributed by atoms with Crippen LogP contribution >= 0.6 is 0 Å². The minimum Gasteiger partial charge on any atom is -0.872 e. The lowest BCUT2D eigenvalue weighted by atomic mass is 10.0. The van der Waals surface area contributed by atoms with Gasteiger partial charge in [-0.25, -0.2) is 0 Å². The van der Waals surface area contributed by atoms with E-state index in [1.807, 2.05) is 18.2 Å². The molecule has 0 aliphatic rings. The van der Waals surface area contributed by atoms with Crippen molar-refractivity contribution in [3.8, 4) is 5.75 Å². The summed E-state index contributed by atoms with van der Waals surface area (Å²) >= 11 is 0. The molecule has 0 heterocycles. The summed E-state index contributed by atoms with van der Waals surface area (Å²) in [5.74, 6) is 0.998. The van der Waals surface area contributed by atoms with Crippen LogP contribution in [-0.4, -0.2) is 25.1 Å². The highest BCUT2D eigenvalue weighted by Crippen LogP contribution is 2.17. The first-order valence-corrected chi connectivity index (χ1v) is 17.4. The summed E-state index contributed by atoms with van der Waals surface area (Å²) in [4.78, 5) is 0. The van der Waals surface area contributed by atoms with Crippen LogP contribution in [0.25, 0.3) is 0 Å². The van der Waals surface area contributed by atoms with Crippen LogP contribution in [0.5, 0.6) is 5.75 Å². The van der Waals surface area contributed by atoms with Crippen molar-refractivity contribution in [2.24, 2.45) is 5.92 Å². The maximum Gasteiger partial charge on any atom is 0.104 e. The topological polar surface area (TPSA) is 23.1 Å². The number of hydrogen-bond acceptors (Lipinski definition) is 1. The van der Waals surface area contributed by atoms with E-state index in [-0.39, 0.29) is 5.75 Å². The smallest absolute Gasteiger partial charge is 0.104 e. The molecule has 0 fully saturated rings. The van der Waals surface area contributed by atoms with Crippen LogP contribution in [0.4, 0.5) is 0 Å². The molecule has 2 nitrogen and oxygen atoms in total. The fraction of sp³-hybridized carbons (Fsp3) is 0.692. The van der Waals surface area contributed by atoms with E-state index in [1.165, 1.54) is 121 Å². The van der Waals surface area contributed by atoms with Crippen molar-refractivity contribution in [3.05, 3.63) is 65.7 Å². The average molecular weight is 566 g/mol. The van der Waals surface area contributed by atoms with Crippen LogP contribution in [0.2, 0.25) is 0 Å². The summed E-state index contributed by atoms with van der Waals surface area (Å²) in [6.45, 7) is 9.26. The SMILES string of the molecule is CC(C)CCCCCc1ccccc1[O-].CCCCCCCCCCCCCCCC[N+](C)(C)Cc1ccccc1. The molecule has 0 unspecified atom stereocenters. The Kier molecular flexibility index (Phi) is 22.5. The first-order valence-electron chi connectivity index (χ1n) is 17.4. The molecule has 0 atom stereocenters. The molecule has 0 aromatic heterocycles. The predicted molar refractivity (Wildman–Crippen MR) is 180 cm³/mol. The normalized spacial score (nSPS) is 11.5. The summed E-state index contributed by atoms with van der Waals surface area (Å²) in [7, 11) is 4.74. The van der Waals surface area contributed by atoms with Gasteiger partial charge in [0.2, 0.25) is 0 Å². The van der Waals surface area contributed by atoms with Crippen molar-refractivity contribution in [3.63, 3.8) is 0 Å². The monoisotopic (exact) mass is 566 g/mol. The van der Waals surface area contributed by atoms with Crippen LogP contribution < -0.4 is 5.11 Å². The fourth-order valence-corrected chi connectivity index (χ4v) is 5.65. The quantitative estimate of drug-likeness (QED) is 0.0970. The Morgan fingerprint density at radius 1 is 0.585 bits per heavy atom. The van der Waals surface area contributed by atoms with E-state index in [9.17, 15) is 5.11 Å². The van der Waals surface area contributed by atoms with Gasteiger partial charge in [-0.15, -0.1) is 5.75 Å². The number of rotatable bonds is 23. The lowest BCUT2D eigenvalue weighted by molar-refractivity contribution is -0.903. The first kappa shape index (κ1) is 37.2. The summed E-state index contributed by atoms with van der Waals surface area (Å²) in [5.41, 5.74) is 2.44. The number of aryl methyl sites for hydroxylation is 1. The van der Waals surface area contributed by atoms with E-state index in [4.69, 9.17) is 0 Å². The number of benzene rings is 2. The third-order valence-electron chi connectivity index (χ3n) is 8.27. The molecule has 0 spiro atoms. The standard InChI is InChI=1S/C25H46N.C14H22O/c1-4-5-6-7-8-9-10-11-12-13-14-15-16-20-23-26(2,3)24-25-21-18-17-19-22-25;1-12(2)8-4-3-5-9-13-10-6-7-11-14(13)15/h17-19,21-22H,4-16,20,23-24H2,1-3H3;6-7,10-12,15H,3-5,8-9H2,1-2H3/q+1;/p-1. The number of nitrogens with zero attached hydrogens (tertiary/aromatic N) is 1. The molecule has 0 N–H and O–H groups in total. The van der Waals surface area contributed by atoms with E-state index in [0.717, 1.165) is 35.4 Å². The zero-order valence-electron chi connectivity index (χ0n) is 28.0. The minimum absolute atomic E-state index is 0.196. The van der Waals surface area contributed by atoms with E-state index in [2.05, 4.69) is 65.2 Å². The molecule has 0 radical (unpaired) electrons. The Balaban J connectivity index is 0.000000474. The van der Waals surface area contributed by atoms with Gasteiger partial charge in [-0.2, -0.15) is 0 Å². The molecule has 2 aromatic carbocycles. The van der Waals surface area contributed by atoms with Crippen LogP contribution in [0.1, 0.15) is 147 Å². The molecule has 0 saturated heterocycles. The van der Waals surface area contributed by atoms with Crippen LogP contribution in [-0.2, 0) is 13.0 Å². The van der Waals surface area contributed by atoms with E-state index in [1.54, 1.807) is 6.07 Å². The molecular formula is C39H67NO. The molecular weight excluding hydrogens is 498 g/mol. The van der Waals surface area contributed by atoms with Gasteiger partial charge in [0.25, 0.3) is 0 Å². The molecule has 2 heteroatoms. The van der Waals surface area contributed by atoms with Crippen molar-refractivity contribution in [2.75, 3.05) is 20.6 Å². The summed E-state index contributed by atoms with van der Waals surface area (Å²) in [6.07, 6.45) is 26.1. The van der Waals surface area contributed by atoms with E-state index < -0.39 is 0 Å². The second-order valence-corrected chi connectivity index (χ2v) is 13.5. The molecule has 0 bridgehead atoms. The predicted octanol–water partition coefficient (Wildman–Crippen LogP) is 11.3. The summed E-state index contributed by atoms with van der Waals surface area (Å²) in [5, 5.41) is 11.4. The Bertz CT molecular complexity index is 828. The highest BCUT2D eigenvalue weighted by molar-refractivity contribution is 5.30. The van der Waals surface area contributed by atoms with Gasteiger partial charge in [-0.05, 0) is 31.6 Å². The Labute approximate surface area is 256 Å². The van der Waals surface area contributed by atoms with Gasteiger partial charge in [0.05, 0.1) is 20.6 Å². The molecule has 234 valence electrons. The van der Waals surface area contributed by atoms with Crippen molar-refractivity contribution in [2.45, 2.75) is 149 Å². The van der Waals surface area contributed by atoms with Crippen molar-refractivity contribution >= 4 is 0 Å². The van der Waals surface area contributed by atoms with Gasteiger partial charge >= 0.3 is 0 Å². The maximum absolute atomic E-state index is 11.4. The number of quaternary nitrogens is 1.